The molecule has 0 amide bonds. The normalized spacial score (nSPS) is 51.4. The summed E-state index contributed by atoms with van der Waals surface area (Å²) in [4.78, 5) is 0. The minimum absolute atomic E-state index is 0. The van der Waals surface area contributed by atoms with Gasteiger partial charge < -0.3 is 149 Å². The fraction of sp³-hybridized carbons (Fsp3) is 0.949. The van der Waals surface area contributed by atoms with Gasteiger partial charge in [-0.1, -0.05) is 12.1 Å². The summed E-state index contributed by atoms with van der Waals surface area (Å²) >= 11 is 0. The first-order valence-electron chi connectivity index (χ1n) is 22.1. The molecule has 0 aliphatic carbocycles. The Hall–Kier alpha value is -0.0184. The molecule has 30 atom stereocenters. The van der Waals surface area contributed by atoms with Gasteiger partial charge in [0.05, 0.1) is 51.8 Å². The first-order chi connectivity index (χ1) is 32.8. The van der Waals surface area contributed by atoms with Crippen LogP contribution >= 0.6 is 0 Å². The zero-order valence-corrected chi connectivity index (χ0v) is 42.2. The van der Waals surface area contributed by atoms with Crippen LogP contribution in [0.25, 0.3) is 5.73 Å². The Morgan fingerprint density at radius 2 is 0.757 bits per heavy atom. The molecule has 0 spiro atoms. The van der Waals surface area contributed by atoms with Crippen molar-refractivity contribution in [2.75, 3.05) is 39.6 Å². The first kappa shape index (κ1) is 60.8. The van der Waals surface area contributed by atoms with Crippen LogP contribution in [0.15, 0.2) is 12.7 Å². The molecule has 6 aliphatic rings. The Bertz CT molecular complexity index is 1580. The molecule has 18 unspecified atom stereocenters. The number of aliphatic hydroxyl groups is 17. The average Bonchev–Trinajstić information content (AvgIpc) is 3.34. The van der Waals surface area contributed by atoms with Crippen LogP contribution in [0.1, 0.15) is 6.92 Å². The van der Waals surface area contributed by atoms with E-state index in [9.17, 15) is 86.8 Å². The molecule has 1 radical (unpaired) electrons. The smallest absolute Gasteiger partial charge is 0.187 e. The molecule has 405 valence electrons. The standard InChI is InChI=1S/C39H66NO29.Ac/c1-3-4-58-35-26(55)23(52)29(14(8-44)63-35)65-37-27(56)24(53)30(15(9-45)64-37)66-38-28(57)32(20(49)13(7-43)61-38)68-34-16(40)31(19(48)12(6-42)60-34)67-39-33(22(51)18(47)11(5-41)62-39)69-36-25(54)21(50)17(46)10(2)59-36;/h3,10-57H,1,4-9H2,2H3;/q-1;/t10?,11?,12?,13?,14?,15?,16?,17-,18+,19+,20+,21?,22?,23?,24?,25?,26?,27?,28?,29-,30+,31?,32?,33?,34+,35-,36+,37+,38-,39+;/m1./s1. The van der Waals surface area contributed by atoms with Gasteiger partial charge in [-0.15, -0.1) is 6.58 Å². The van der Waals surface area contributed by atoms with Crippen molar-refractivity contribution < 1.29 is 188 Å². The maximum absolute atomic E-state index is 11.6. The van der Waals surface area contributed by atoms with Gasteiger partial charge in [0.25, 0.3) is 0 Å². The maximum atomic E-state index is 11.6. The molecule has 0 bridgehead atoms. The molecule has 6 aliphatic heterocycles. The van der Waals surface area contributed by atoms with Crippen molar-refractivity contribution in [1.29, 1.82) is 0 Å². The molecule has 0 aromatic rings. The van der Waals surface area contributed by atoms with Crippen LogP contribution in [0, 0.1) is 44.1 Å². The molecule has 6 heterocycles. The number of ether oxygens (including phenoxy) is 12. The van der Waals surface area contributed by atoms with E-state index in [1.165, 1.54) is 13.0 Å². The minimum Gasteiger partial charge on any atom is -0.668 e. The van der Waals surface area contributed by atoms with Crippen molar-refractivity contribution in [3.63, 3.8) is 0 Å². The van der Waals surface area contributed by atoms with Gasteiger partial charge in [0, 0.05) is 44.1 Å². The fourth-order valence-corrected chi connectivity index (χ4v) is 8.74. The second-order valence-electron chi connectivity index (χ2n) is 17.4. The molecule has 6 rings (SSSR count). The van der Waals surface area contributed by atoms with Crippen LogP contribution in [0.4, 0.5) is 0 Å². The quantitative estimate of drug-likeness (QED) is 0.0567. The van der Waals surface area contributed by atoms with Crippen LogP contribution in [0.2, 0.25) is 0 Å². The molecule has 18 N–H and O–H groups in total. The molecule has 6 fully saturated rings. The summed E-state index contributed by atoms with van der Waals surface area (Å²) in [7, 11) is 0. The van der Waals surface area contributed by atoms with Gasteiger partial charge >= 0.3 is 0 Å². The van der Waals surface area contributed by atoms with E-state index in [-0.39, 0.29) is 50.7 Å². The Balaban J connectivity index is 0.00000913. The van der Waals surface area contributed by atoms with Crippen molar-refractivity contribution in [2.45, 2.75) is 191 Å². The van der Waals surface area contributed by atoms with Crippen LogP contribution < -0.4 is 0 Å². The zero-order valence-electron chi connectivity index (χ0n) is 37.4. The van der Waals surface area contributed by atoms with Crippen LogP contribution in [0.5, 0.6) is 0 Å². The van der Waals surface area contributed by atoms with E-state index in [1.54, 1.807) is 0 Å². The summed E-state index contributed by atoms with van der Waals surface area (Å²) in [5, 5.41) is 181. The van der Waals surface area contributed by atoms with Gasteiger partial charge in [-0.2, -0.15) is 0 Å². The number of nitrogens with one attached hydrogen (secondary N) is 1. The largest absolute Gasteiger partial charge is 0.668 e. The molecule has 31 heteroatoms. The molecular formula is C39H66AcNO29-. The second-order valence-corrected chi connectivity index (χ2v) is 17.4. The molecule has 6 saturated heterocycles. The molecule has 30 nitrogen and oxygen atoms in total. The summed E-state index contributed by atoms with van der Waals surface area (Å²) < 4.78 is 67.7. The molecule has 0 aromatic heterocycles. The molecule has 0 aromatic carbocycles. The number of hydrogen-bond donors (Lipinski definition) is 17. The zero-order chi connectivity index (χ0) is 50.8. The monoisotopic (exact) mass is 1240 g/mol. The van der Waals surface area contributed by atoms with Crippen LogP contribution in [0.3, 0.4) is 0 Å². The SMILES string of the molecule is C=CCO[C@@H]1OC(CO)[C@@H](O[C@@H]2OC(CO)[C@H](O[C@H]3OC(CO)[C@H](O)C(O[C@@H]4OC(CO)[C@H](O)C(O[C@@H]5OC(CO)[C@H](O)C(O)C5O[C@@H]5OC(C)[C@@H](O)C(O)C5O)C4[NH-])C3O)C(O)C2O)C(O)C1O.[Ac]. The third-order valence-corrected chi connectivity index (χ3v) is 12.8. The van der Waals surface area contributed by atoms with Gasteiger partial charge in [-0.25, -0.2) is 0 Å². The van der Waals surface area contributed by atoms with E-state index in [1.807, 2.05) is 0 Å². The third kappa shape index (κ3) is 12.9. The predicted octanol–water partition coefficient (Wildman–Crippen LogP) is -10.8. The molecule has 70 heavy (non-hydrogen) atoms. The Kier molecular flexibility index (Phi) is 23.3. The van der Waals surface area contributed by atoms with Gasteiger partial charge in [-0.3, -0.25) is 0 Å². The van der Waals surface area contributed by atoms with Crippen LogP contribution in [-0.4, -0.2) is 311 Å². The van der Waals surface area contributed by atoms with Crippen molar-refractivity contribution in [3.8, 4) is 0 Å². The van der Waals surface area contributed by atoms with E-state index in [4.69, 9.17) is 62.6 Å². The summed E-state index contributed by atoms with van der Waals surface area (Å²) in [6, 6.07) is -1.98. The van der Waals surface area contributed by atoms with E-state index in [0.29, 0.717) is 0 Å². The van der Waals surface area contributed by atoms with Gasteiger partial charge in [0.15, 0.2) is 31.5 Å². The Morgan fingerprint density at radius 3 is 1.30 bits per heavy atom. The fourth-order valence-electron chi connectivity index (χ4n) is 8.74. The first-order valence-corrected chi connectivity index (χ1v) is 22.1. The second kappa shape index (κ2) is 26.8. The summed E-state index contributed by atoms with van der Waals surface area (Å²) in [6.45, 7) is 0.0177. The van der Waals surface area contributed by atoms with Crippen molar-refractivity contribution in [3.05, 3.63) is 18.4 Å². The topological polar surface area (TPSA) is 478 Å². The van der Waals surface area contributed by atoms with Crippen molar-refractivity contribution in [1.82, 2.24) is 0 Å². The third-order valence-electron chi connectivity index (χ3n) is 12.8. The van der Waals surface area contributed by atoms with Gasteiger partial charge in [0.1, 0.15) is 134 Å². The Morgan fingerprint density at radius 1 is 0.386 bits per heavy atom. The Labute approximate surface area is 434 Å². The number of aliphatic hydroxyl groups excluding tert-OH is 17. The van der Waals surface area contributed by atoms with E-state index in [2.05, 4.69) is 6.58 Å². The van der Waals surface area contributed by atoms with Crippen molar-refractivity contribution in [2.24, 2.45) is 0 Å². The molecule has 0 saturated carbocycles. The maximum Gasteiger partial charge on any atom is 0.187 e. The number of rotatable bonds is 18. The van der Waals surface area contributed by atoms with Crippen molar-refractivity contribution >= 4 is 0 Å². The van der Waals surface area contributed by atoms with E-state index < -0.39 is 217 Å². The predicted molar refractivity (Wildman–Crippen MR) is 214 cm³/mol. The van der Waals surface area contributed by atoms with E-state index in [0.717, 1.165) is 0 Å². The summed E-state index contributed by atoms with van der Waals surface area (Å²) in [6.07, 6.45) is -51.2. The van der Waals surface area contributed by atoms with Gasteiger partial charge in [0.2, 0.25) is 0 Å². The van der Waals surface area contributed by atoms with Crippen LogP contribution in [-0.2, 0) is 56.8 Å². The molecular weight excluding hydrogens is 1170 g/mol. The minimum atomic E-state index is -2.17. The summed E-state index contributed by atoms with van der Waals surface area (Å²) in [5.41, 5.74) is 9.06. The van der Waals surface area contributed by atoms with E-state index >= 15 is 0 Å². The summed E-state index contributed by atoms with van der Waals surface area (Å²) in [5.74, 6) is 0. The average molecular weight is 1240 g/mol. The van der Waals surface area contributed by atoms with Gasteiger partial charge in [-0.05, 0) is 6.92 Å². The number of hydrogen-bond acceptors (Lipinski definition) is 29.